The third-order valence-electron chi connectivity index (χ3n) is 4.58. The topological polar surface area (TPSA) is 59.2 Å². The molecule has 0 unspecified atom stereocenters. The van der Waals surface area contributed by atoms with Crippen molar-refractivity contribution < 1.29 is 9.21 Å². The first-order valence-electron chi connectivity index (χ1n) is 8.56. The number of thiophene rings is 1. The van der Waals surface area contributed by atoms with Gasteiger partial charge in [-0.15, -0.1) is 21.5 Å². The lowest BCUT2D eigenvalue weighted by atomic mass is 10.0. The molecule has 2 aromatic heterocycles. The van der Waals surface area contributed by atoms with E-state index < -0.39 is 0 Å². The molecular weight excluding hydrogens is 390 g/mol. The molecule has 1 fully saturated rings. The summed E-state index contributed by atoms with van der Waals surface area (Å²) in [6.45, 7) is 2.95. The van der Waals surface area contributed by atoms with Crippen LogP contribution in [0.2, 0.25) is 5.02 Å². The van der Waals surface area contributed by atoms with Crippen molar-refractivity contribution in [3.05, 3.63) is 29.3 Å². The number of benzene rings is 1. The molecule has 0 aliphatic carbocycles. The van der Waals surface area contributed by atoms with Crippen molar-refractivity contribution in [2.45, 2.75) is 37.5 Å². The van der Waals surface area contributed by atoms with Gasteiger partial charge in [0.1, 0.15) is 4.88 Å². The van der Waals surface area contributed by atoms with E-state index in [2.05, 4.69) is 17.1 Å². The summed E-state index contributed by atoms with van der Waals surface area (Å²) in [4.78, 5) is 15.1. The molecule has 3 aromatic rings. The second-order valence-electron chi connectivity index (χ2n) is 6.34. The number of nitrogens with zero attached hydrogens (tertiary/aromatic N) is 3. The van der Waals surface area contributed by atoms with E-state index in [1.54, 1.807) is 0 Å². The molecule has 1 aromatic carbocycles. The predicted molar refractivity (Wildman–Crippen MR) is 106 cm³/mol. The monoisotopic (exact) mass is 407 g/mol. The van der Waals surface area contributed by atoms with Gasteiger partial charge in [0.2, 0.25) is 5.91 Å². The van der Waals surface area contributed by atoms with E-state index >= 15 is 0 Å². The summed E-state index contributed by atoms with van der Waals surface area (Å²) in [6, 6.07) is 8.23. The number of amides is 1. The van der Waals surface area contributed by atoms with E-state index in [-0.39, 0.29) is 5.91 Å². The molecule has 3 heterocycles. The van der Waals surface area contributed by atoms with Crippen LogP contribution in [0.4, 0.5) is 0 Å². The maximum Gasteiger partial charge on any atom is 0.277 e. The zero-order chi connectivity index (χ0) is 18.1. The average Bonchev–Trinajstić information content (AvgIpc) is 3.25. The van der Waals surface area contributed by atoms with Crippen LogP contribution in [-0.2, 0) is 4.79 Å². The number of thioether (sulfide) groups is 1. The van der Waals surface area contributed by atoms with Crippen molar-refractivity contribution in [1.29, 1.82) is 0 Å². The lowest BCUT2D eigenvalue weighted by Crippen LogP contribution is -2.42. The standard InChI is InChI=1S/C18H18ClN3O2S2/c1-11-6-4-5-9-22(11)14(23)10-25-18-21-20-17(24-18)16-15(19)12-7-2-3-8-13(12)26-16/h2-3,7-8,11H,4-6,9-10H2,1H3/t11-/m0/s1. The predicted octanol–water partition coefficient (Wildman–Crippen LogP) is 5.10. The normalized spacial score (nSPS) is 17.8. The van der Waals surface area contributed by atoms with Crippen LogP contribution >= 0.6 is 34.7 Å². The molecule has 1 atom stereocenters. The van der Waals surface area contributed by atoms with E-state index in [1.165, 1.54) is 29.5 Å². The van der Waals surface area contributed by atoms with Gasteiger partial charge in [0.15, 0.2) is 0 Å². The number of likely N-dealkylation sites (tertiary alicyclic amines) is 1. The van der Waals surface area contributed by atoms with Crippen molar-refractivity contribution in [1.82, 2.24) is 15.1 Å². The average molecular weight is 408 g/mol. The van der Waals surface area contributed by atoms with Gasteiger partial charge in [-0.1, -0.05) is 41.6 Å². The Hall–Kier alpha value is -1.57. The van der Waals surface area contributed by atoms with Crippen LogP contribution in [0, 0.1) is 0 Å². The minimum Gasteiger partial charge on any atom is -0.410 e. The Balaban J connectivity index is 1.46. The SMILES string of the molecule is C[C@H]1CCCCN1C(=O)CSc1nnc(-c2sc3ccccc3c2Cl)o1. The van der Waals surface area contributed by atoms with Crippen LogP contribution in [0.25, 0.3) is 20.9 Å². The summed E-state index contributed by atoms with van der Waals surface area (Å²) in [5.41, 5.74) is 0. The smallest absolute Gasteiger partial charge is 0.277 e. The lowest BCUT2D eigenvalue weighted by molar-refractivity contribution is -0.131. The number of aromatic nitrogens is 2. The van der Waals surface area contributed by atoms with Gasteiger partial charge in [-0.05, 0) is 32.3 Å². The maximum absolute atomic E-state index is 12.4. The molecule has 0 saturated carbocycles. The third-order valence-corrected chi connectivity index (χ3v) is 7.04. The summed E-state index contributed by atoms with van der Waals surface area (Å²) < 4.78 is 6.82. The lowest BCUT2D eigenvalue weighted by Gasteiger charge is -2.33. The van der Waals surface area contributed by atoms with Crippen LogP contribution in [0.15, 0.2) is 33.9 Å². The van der Waals surface area contributed by atoms with Gasteiger partial charge in [-0.3, -0.25) is 4.79 Å². The fourth-order valence-corrected chi connectivity index (χ4v) is 5.27. The zero-order valence-corrected chi connectivity index (χ0v) is 16.7. The van der Waals surface area contributed by atoms with Crippen LogP contribution in [-0.4, -0.2) is 39.3 Å². The van der Waals surface area contributed by atoms with Gasteiger partial charge in [-0.25, -0.2) is 0 Å². The summed E-state index contributed by atoms with van der Waals surface area (Å²) in [5.74, 6) is 0.839. The molecule has 26 heavy (non-hydrogen) atoms. The summed E-state index contributed by atoms with van der Waals surface area (Å²) in [5, 5.41) is 10.2. The number of fused-ring (bicyclic) bond motifs is 1. The molecule has 1 amide bonds. The van der Waals surface area contributed by atoms with E-state index in [9.17, 15) is 4.79 Å². The molecule has 0 N–H and O–H groups in total. The Morgan fingerprint density at radius 3 is 3.04 bits per heavy atom. The molecule has 1 aliphatic heterocycles. The molecule has 1 saturated heterocycles. The van der Waals surface area contributed by atoms with Crippen molar-refractivity contribution >= 4 is 50.7 Å². The largest absolute Gasteiger partial charge is 0.410 e. The van der Waals surface area contributed by atoms with Crippen LogP contribution in [0.5, 0.6) is 0 Å². The number of rotatable bonds is 4. The highest BCUT2D eigenvalue weighted by Gasteiger charge is 2.24. The number of hydrogen-bond acceptors (Lipinski definition) is 6. The molecule has 0 radical (unpaired) electrons. The first kappa shape index (κ1) is 17.8. The number of carbonyl (C=O) groups excluding carboxylic acids is 1. The molecule has 8 heteroatoms. The van der Waals surface area contributed by atoms with E-state index in [0.29, 0.717) is 27.9 Å². The summed E-state index contributed by atoms with van der Waals surface area (Å²) in [6.07, 6.45) is 3.35. The van der Waals surface area contributed by atoms with Crippen LogP contribution < -0.4 is 0 Å². The van der Waals surface area contributed by atoms with Crippen molar-refractivity contribution in [3.8, 4) is 10.8 Å². The molecule has 0 bridgehead atoms. The maximum atomic E-state index is 12.4. The van der Waals surface area contributed by atoms with E-state index in [0.717, 1.165) is 34.3 Å². The minimum atomic E-state index is 0.127. The molecule has 5 nitrogen and oxygen atoms in total. The second-order valence-corrected chi connectivity index (χ2v) is 8.69. The van der Waals surface area contributed by atoms with Gasteiger partial charge in [-0.2, -0.15) is 0 Å². The highest BCUT2D eigenvalue weighted by atomic mass is 35.5. The van der Waals surface area contributed by atoms with Gasteiger partial charge in [0, 0.05) is 22.7 Å². The first-order chi connectivity index (χ1) is 12.6. The fourth-order valence-electron chi connectivity index (χ4n) is 3.19. The number of halogens is 1. The molecule has 0 spiro atoms. The van der Waals surface area contributed by atoms with E-state index in [1.807, 2.05) is 29.2 Å². The number of hydrogen-bond donors (Lipinski definition) is 0. The molecule has 136 valence electrons. The second kappa shape index (κ2) is 7.58. The van der Waals surface area contributed by atoms with Crippen molar-refractivity contribution in [2.75, 3.05) is 12.3 Å². The van der Waals surface area contributed by atoms with Gasteiger partial charge < -0.3 is 9.32 Å². The Bertz CT molecular complexity index is 940. The van der Waals surface area contributed by atoms with Gasteiger partial charge in [0.25, 0.3) is 11.1 Å². The van der Waals surface area contributed by atoms with Gasteiger partial charge >= 0.3 is 0 Å². The zero-order valence-electron chi connectivity index (χ0n) is 14.3. The Morgan fingerprint density at radius 2 is 2.23 bits per heavy atom. The summed E-state index contributed by atoms with van der Waals surface area (Å²) >= 11 is 9.27. The minimum absolute atomic E-state index is 0.127. The van der Waals surface area contributed by atoms with Crippen LogP contribution in [0.1, 0.15) is 26.2 Å². The highest BCUT2D eigenvalue weighted by molar-refractivity contribution is 7.99. The van der Waals surface area contributed by atoms with E-state index in [4.69, 9.17) is 16.0 Å². The first-order valence-corrected chi connectivity index (χ1v) is 10.7. The Morgan fingerprint density at radius 1 is 1.38 bits per heavy atom. The number of piperidine rings is 1. The molecular formula is C18H18ClN3O2S2. The van der Waals surface area contributed by atoms with Crippen molar-refractivity contribution in [3.63, 3.8) is 0 Å². The highest BCUT2D eigenvalue weighted by Crippen LogP contribution is 2.41. The Labute approximate surface area is 164 Å². The quantitative estimate of drug-likeness (QED) is 0.563. The number of carbonyl (C=O) groups is 1. The fraction of sp³-hybridized carbons (Fsp3) is 0.389. The van der Waals surface area contributed by atoms with Crippen LogP contribution in [0.3, 0.4) is 0 Å². The molecule has 4 rings (SSSR count). The summed E-state index contributed by atoms with van der Waals surface area (Å²) in [7, 11) is 0. The van der Waals surface area contributed by atoms with Gasteiger partial charge in [0.05, 0.1) is 10.8 Å². The van der Waals surface area contributed by atoms with Crippen molar-refractivity contribution in [2.24, 2.45) is 0 Å². The Kier molecular flexibility index (Phi) is 5.20. The third kappa shape index (κ3) is 3.48. The molecule has 1 aliphatic rings.